The minimum Gasteiger partial charge on any atom is -0.309 e. The lowest BCUT2D eigenvalue weighted by molar-refractivity contribution is 0.607. The molecule has 0 fully saturated rings. The Hall–Kier alpha value is -1.40. The Morgan fingerprint density at radius 2 is 0.973 bits per heavy atom. The van der Waals surface area contributed by atoms with Crippen molar-refractivity contribution in [3.8, 4) is 5.69 Å². The highest BCUT2D eigenvalue weighted by molar-refractivity contribution is 9.11. The van der Waals surface area contributed by atoms with E-state index in [-0.39, 0.29) is 0 Å². The van der Waals surface area contributed by atoms with E-state index >= 15 is 0 Å². The number of hydrogen-bond acceptors (Lipinski definition) is 0. The van der Waals surface area contributed by atoms with Crippen LogP contribution in [0.1, 0.15) is 51.0 Å². The predicted octanol–water partition coefficient (Wildman–Crippen LogP) is 12.4. The maximum absolute atomic E-state index is 3.58. The molecule has 0 aliphatic carbocycles. The highest BCUT2D eigenvalue weighted by Crippen LogP contribution is 2.35. The van der Waals surface area contributed by atoms with Gasteiger partial charge in [-0.25, -0.2) is 0 Å². The van der Waals surface area contributed by atoms with E-state index < -0.39 is 0 Å². The summed E-state index contributed by atoms with van der Waals surface area (Å²) < 4.78 is 6.75. The zero-order valence-electron chi connectivity index (χ0n) is 21.0. The molecule has 5 rings (SSSR count). The number of fused-ring (bicyclic) bond motifs is 3. The summed E-state index contributed by atoms with van der Waals surface area (Å²) in [4.78, 5) is 0. The Bertz CT molecular complexity index is 1380. The van der Waals surface area contributed by atoms with Gasteiger partial charge in [-0.3, -0.25) is 0 Å². The summed E-state index contributed by atoms with van der Waals surface area (Å²) in [5.41, 5.74) is 5.04. The third kappa shape index (κ3) is 7.81. The molecule has 0 bridgehead atoms. The summed E-state index contributed by atoms with van der Waals surface area (Å²) in [6.45, 7) is 2.27. The van der Waals surface area contributed by atoms with Gasteiger partial charge in [0.1, 0.15) is 0 Å². The fourth-order valence-corrected chi connectivity index (χ4v) is 5.85. The lowest BCUT2D eigenvalue weighted by atomic mass is 10.1. The molecule has 0 radical (unpaired) electrons. The summed E-state index contributed by atoms with van der Waals surface area (Å²) >= 11 is 14.1. The van der Waals surface area contributed by atoms with Gasteiger partial charge in [0.05, 0.1) is 11.0 Å². The maximum atomic E-state index is 3.58. The molecule has 0 aliphatic heterocycles. The van der Waals surface area contributed by atoms with Gasteiger partial charge in [-0.2, -0.15) is 0 Å². The van der Waals surface area contributed by atoms with Gasteiger partial charge in [-0.05, 0) is 91.2 Å². The molecule has 37 heavy (non-hydrogen) atoms. The smallest absolute Gasteiger partial charge is 0.0541 e. The van der Waals surface area contributed by atoms with Gasteiger partial charge >= 0.3 is 0 Å². The zero-order chi connectivity index (χ0) is 26.2. The van der Waals surface area contributed by atoms with Crippen LogP contribution in [-0.4, -0.2) is 4.57 Å². The van der Waals surface area contributed by atoms with E-state index in [0.29, 0.717) is 0 Å². The SMILES string of the molecule is Brc1ccc(-n2c3ccc(Br)cc3c3cc(Br)ccc32)cc1.CCCCCCCCc1ccc(Br)cc1. The van der Waals surface area contributed by atoms with E-state index in [2.05, 4.69) is 160 Å². The standard InChI is InChI=1S/C18H10Br3N.C14H21Br/c19-11-1-5-14(6-2-11)22-17-7-3-12(20)9-15(17)16-10-13(21)4-8-18(16)22;1-2-3-4-5-6-7-8-13-9-11-14(15)12-10-13/h1-10H;9-12H,2-8H2,1H3. The van der Waals surface area contributed by atoms with Crippen molar-refractivity contribution in [3.63, 3.8) is 0 Å². The number of aromatic nitrogens is 1. The van der Waals surface area contributed by atoms with Crippen molar-refractivity contribution in [1.82, 2.24) is 4.57 Å². The summed E-state index contributed by atoms with van der Waals surface area (Å²) in [7, 11) is 0. The molecule has 0 saturated heterocycles. The third-order valence-electron chi connectivity index (χ3n) is 6.51. The van der Waals surface area contributed by atoms with Gasteiger partial charge < -0.3 is 4.57 Å². The van der Waals surface area contributed by atoms with E-state index in [4.69, 9.17) is 0 Å². The molecule has 5 heteroatoms. The summed E-state index contributed by atoms with van der Waals surface area (Å²) in [6.07, 6.45) is 9.52. The van der Waals surface area contributed by atoms with Gasteiger partial charge in [0.15, 0.2) is 0 Å². The van der Waals surface area contributed by atoms with Crippen LogP contribution in [0.5, 0.6) is 0 Å². The zero-order valence-corrected chi connectivity index (χ0v) is 27.3. The first kappa shape index (κ1) is 28.6. The monoisotopic (exact) mass is 745 g/mol. The van der Waals surface area contributed by atoms with E-state index in [9.17, 15) is 0 Å². The molecule has 1 nitrogen and oxygen atoms in total. The van der Waals surface area contributed by atoms with Crippen molar-refractivity contribution in [2.24, 2.45) is 0 Å². The van der Waals surface area contributed by atoms with Crippen molar-refractivity contribution in [2.75, 3.05) is 0 Å². The number of nitrogens with zero attached hydrogens (tertiary/aromatic N) is 1. The quantitative estimate of drug-likeness (QED) is 0.139. The molecular formula is C32H31Br4N. The lowest BCUT2D eigenvalue weighted by Gasteiger charge is -2.08. The Morgan fingerprint density at radius 3 is 1.51 bits per heavy atom. The minimum absolute atomic E-state index is 1.09. The van der Waals surface area contributed by atoms with E-state index in [1.807, 2.05) is 0 Å². The highest BCUT2D eigenvalue weighted by Gasteiger charge is 2.12. The molecule has 0 N–H and O–H groups in total. The van der Waals surface area contributed by atoms with E-state index in [0.717, 1.165) is 19.1 Å². The maximum Gasteiger partial charge on any atom is 0.0541 e. The van der Waals surface area contributed by atoms with Crippen LogP contribution in [0.15, 0.2) is 103 Å². The lowest BCUT2D eigenvalue weighted by Crippen LogP contribution is -1.93. The number of unbranched alkanes of at least 4 members (excludes halogenated alkanes) is 5. The van der Waals surface area contributed by atoms with Crippen LogP contribution < -0.4 is 0 Å². The Morgan fingerprint density at radius 1 is 0.514 bits per heavy atom. The topological polar surface area (TPSA) is 4.93 Å². The number of aryl methyl sites for hydroxylation is 1. The number of hydrogen-bond donors (Lipinski definition) is 0. The molecule has 192 valence electrons. The van der Waals surface area contributed by atoms with Gasteiger partial charge in [-0.15, -0.1) is 0 Å². The molecule has 0 aliphatic rings. The van der Waals surface area contributed by atoms with Crippen LogP contribution >= 0.6 is 63.7 Å². The summed E-state index contributed by atoms with van der Waals surface area (Å²) in [6, 6.07) is 30.0. The molecule has 1 heterocycles. The summed E-state index contributed by atoms with van der Waals surface area (Å²) in [5, 5.41) is 2.49. The first-order valence-corrected chi connectivity index (χ1v) is 16.0. The van der Waals surface area contributed by atoms with Crippen LogP contribution in [0, 0.1) is 0 Å². The second kappa shape index (κ2) is 14.1. The molecule has 0 amide bonds. The number of benzene rings is 4. The van der Waals surface area contributed by atoms with Gasteiger partial charge in [0.25, 0.3) is 0 Å². The predicted molar refractivity (Wildman–Crippen MR) is 175 cm³/mol. The van der Waals surface area contributed by atoms with Crippen molar-refractivity contribution in [3.05, 3.63) is 108 Å². The van der Waals surface area contributed by atoms with Crippen molar-refractivity contribution < 1.29 is 0 Å². The van der Waals surface area contributed by atoms with Crippen LogP contribution in [0.4, 0.5) is 0 Å². The average molecular weight is 749 g/mol. The average Bonchev–Trinajstić information content (AvgIpc) is 3.21. The van der Waals surface area contributed by atoms with Crippen molar-refractivity contribution >= 4 is 85.5 Å². The van der Waals surface area contributed by atoms with Crippen molar-refractivity contribution in [1.29, 1.82) is 0 Å². The molecule has 0 spiro atoms. The Balaban J connectivity index is 0.000000188. The Labute approximate surface area is 254 Å². The highest BCUT2D eigenvalue weighted by atomic mass is 79.9. The largest absolute Gasteiger partial charge is 0.309 e. The second-order valence-electron chi connectivity index (χ2n) is 9.28. The first-order valence-electron chi connectivity index (χ1n) is 12.9. The molecule has 0 unspecified atom stereocenters. The molecular weight excluding hydrogens is 718 g/mol. The van der Waals surface area contributed by atoms with Crippen LogP contribution in [0.25, 0.3) is 27.5 Å². The molecule has 0 atom stereocenters. The van der Waals surface area contributed by atoms with Crippen LogP contribution in [0.2, 0.25) is 0 Å². The first-order chi connectivity index (χ1) is 18.0. The molecule has 1 aromatic heterocycles. The van der Waals surface area contributed by atoms with E-state index in [1.165, 1.54) is 76.8 Å². The third-order valence-corrected chi connectivity index (χ3v) is 8.55. The second-order valence-corrected chi connectivity index (χ2v) is 12.9. The number of rotatable bonds is 8. The van der Waals surface area contributed by atoms with Gasteiger partial charge in [0.2, 0.25) is 0 Å². The van der Waals surface area contributed by atoms with Gasteiger partial charge in [-0.1, -0.05) is 115 Å². The normalized spacial score (nSPS) is 11.1. The fraction of sp³-hybridized carbons (Fsp3) is 0.250. The Kier molecular flexibility index (Phi) is 10.9. The van der Waals surface area contributed by atoms with Crippen LogP contribution in [0.3, 0.4) is 0 Å². The molecule has 0 saturated carbocycles. The van der Waals surface area contributed by atoms with Crippen LogP contribution in [-0.2, 0) is 6.42 Å². The van der Waals surface area contributed by atoms with E-state index in [1.54, 1.807) is 0 Å². The minimum atomic E-state index is 1.09. The summed E-state index contributed by atoms with van der Waals surface area (Å²) in [5.74, 6) is 0. The fourth-order valence-electron chi connectivity index (χ4n) is 4.60. The molecule has 4 aromatic carbocycles. The number of halogens is 4. The molecule has 5 aromatic rings. The van der Waals surface area contributed by atoms with Gasteiger partial charge in [0, 0.05) is 34.4 Å². The van der Waals surface area contributed by atoms with Crippen molar-refractivity contribution in [2.45, 2.75) is 51.9 Å².